The summed E-state index contributed by atoms with van der Waals surface area (Å²) in [5.41, 5.74) is 8.05. The highest BCUT2D eigenvalue weighted by Crippen LogP contribution is 2.43. The summed E-state index contributed by atoms with van der Waals surface area (Å²) < 4.78 is 7.91. The summed E-state index contributed by atoms with van der Waals surface area (Å²) in [5.74, 6) is 2.60. The number of aromatic nitrogens is 2. The molecule has 0 spiro atoms. The Morgan fingerprint density at radius 3 is 2.61 bits per heavy atom. The molecule has 1 atom stereocenters. The lowest BCUT2D eigenvalue weighted by atomic mass is 9.93. The molecule has 1 aromatic heterocycles. The molecule has 0 bridgehead atoms. The Kier molecular flexibility index (Phi) is 6.05. The fraction of sp³-hybridized carbons (Fsp3) is 0.394. The molecule has 0 radical (unpaired) electrons. The molecule has 4 aromatic rings. The van der Waals surface area contributed by atoms with Crippen molar-refractivity contribution in [3.8, 4) is 16.9 Å². The van der Waals surface area contributed by atoms with E-state index in [0.29, 0.717) is 5.92 Å². The summed E-state index contributed by atoms with van der Waals surface area (Å²) >= 11 is 0. The van der Waals surface area contributed by atoms with Crippen LogP contribution < -0.4 is 4.74 Å². The number of amides is 1. The monoisotopic (exact) mass is 507 g/mol. The van der Waals surface area contributed by atoms with Gasteiger partial charge in [-0.05, 0) is 112 Å². The minimum atomic E-state index is -0.470. The van der Waals surface area contributed by atoms with Crippen LogP contribution in [0.1, 0.15) is 65.5 Å². The van der Waals surface area contributed by atoms with Gasteiger partial charge < -0.3 is 14.2 Å². The smallest absolute Gasteiger partial charge is 0.255 e. The van der Waals surface area contributed by atoms with Gasteiger partial charge in [0.15, 0.2) is 0 Å². The molecule has 1 amide bonds. The number of rotatable bonds is 6. The number of likely N-dealkylation sites (tertiary alicyclic amines) is 1. The van der Waals surface area contributed by atoms with Crippen molar-refractivity contribution in [1.82, 2.24) is 14.5 Å². The highest BCUT2D eigenvalue weighted by atomic mass is 16.5. The minimum absolute atomic E-state index is 0.0731. The summed E-state index contributed by atoms with van der Waals surface area (Å²) in [6.45, 7) is 10.3. The Hall–Kier alpha value is -3.60. The predicted octanol–water partition coefficient (Wildman–Crippen LogP) is 7.20. The van der Waals surface area contributed by atoms with E-state index in [4.69, 9.17) is 9.72 Å². The molecule has 5 heteroatoms. The van der Waals surface area contributed by atoms with Crippen molar-refractivity contribution in [2.24, 2.45) is 5.92 Å². The van der Waals surface area contributed by atoms with Crippen LogP contribution in [0.3, 0.4) is 0 Å². The molecule has 1 unspecified atom stereocenters. The summed E-state index contributed by atoms with van der Waals surface area (Å²) in [7, 11) is 1.67. The fourth-order valence-corrected chi connectivity index (χ4v) is 6.08. The van der Waals surface area contributed by atoms with Crippen LogP contribution in [0.15, 0.2) is 54.6 Å². The Morgan fingerprint density at radius 2 is 1.84 bits per heavy atom. The van der Waals surface area contributed by atoms with Gasteiger partial charge in [0.25, 0.3) is 5.91 Å². The maximum absolute atomic E-state index is 14.5. The van der Waals surface area contributed by atoms with Gasteiger partial charge >= 0.3 is 0 Å². The maximum atomic E-state index is 14.5. The molecule has 38 heavy (non-hydrogen) atoms. The summed E-state index contributed by atoms with van der Waals surface area (Å²) in [6.07, 6.45) is 4.42. The molecule has 2 fully saturated rings. The third-order valence-electron chi connectivity index (χ3n) is 8.66. The molecular formula is C33H37N3O2. The van der Waals surface area contributed by atoms with E-state index in [1.807, 2.05) is 30.3 Å². The van der Waals surface area contributed by atoms with Gasteiger partial charge in [-0.2, -0.15) is 0 Å². The zero-order chi connectivity index (χ0) is 26.6. The largest absolute Gasteiger partial charge is 0.497 e. The second kappa shape index (κ2) is 9.30. The van der Waals surface area contributed by atoms with Crippen LogP contribution in [0.4, 0.5) is 0 Å². The molecular weight excluding hydrogens is 470 g/mol. The molecule has 2 heterocycles. The average molecular weight is 508 g/mol. The normalized spacial score (nSPS) is 19.3. The van der Waals surface area contributed by atoms with E-state index in [2.05, 4.69) is 61.4 Å². The van der Waals surface area contributed by atoms with Crippen LogP contribution in [0, 0.1) is 26.7 Å². The third kappa shape index (κ3) is 4.18. The van der Waals surface area contributed by atoms with E-state index in [-0.39, 0.29) is 5.91 Å². The van der Waals surface area contributed by atoms with Gasteiger partial charge in [0.05, 0.1) is 23.7 Å². The van der Waals surface area contributed by atoms with Crippen molar-refractivity contribution < 1.29 is 9.53 Å². The zero-order valence-corrected chi connectivity index (χ0v) is 23.2. The quantitative estimate of drug-likeness (QED) is 0.277. The fourth-order valence-electron chi connectivity index (χ4n) is 6.08. The topological polar surface area (TPSA) is 47.4 Å². The summed E-state index contributed by atoms with van der Waals surface area (Å²) in [4.78, 5) is 21.8. The number of fused-ring (bicyclic) bond motifs is 1. The first-order valence-corrected chi connectivity index (χ1v) is 13.8. The molecule has 3 aromatic carbocycles. The van der Waals surface area contributed by atoms with E-state index in [1.165, 1.54) is 29.5 Å². The summed E-state index contributed by atoms with van der Waals surface area (Å²) in [6, 6.07) is 18.6. The molecule has 196 valence electrons. The number of ether oxygens (including phenoxy) is 1. The van der Waals surface area contributed by atoms with Crippen LogP contribution in [0.5, 0.6) is 5.75 Å². The highest BCUT2D eigenvalue weighted by molar-refractivity contribution is 6.01. The van der Waals surface area contributed by atoms with Gasteiger partial charge in [-0.1, -0.05) is 29.8 Å². The lowest BCUT2D eigenvalue weighted by Crippen LogP contribution is -2.45. The molecule has 1 aliphatic heterocycles. The van der Waals surface area contributed by atoms with Crippen molar-refractivity contribution >= 4 is 16.9 Å². The lowest BCUT2D eigenvalue weighted by molar-refractivity contribution is 0.0598. The Bertz CT molecular complexity index is 1550. The first kappa shape index (κ1) is 24.7. The van der Waals surface area contributed by atoms with Crippen molar-refractivity contribution in [2.45, 2.75) is 65.5 Å². The third-order valence-corrected chi connectivity index (χ3v) is 8.66. The predicted molar refractivity (Wildman–Crippen MR) is 153 cm³/mol. The van der Waals surface area contributed by atoms with Crippen LogP contribution in [0.2, 0.25) is 0 Å². The molecule has 0 N–H and O–H groups in total. The van der Waals surface area contributed by atoms with Gasteiger partial charge in [-0.25, -0.2) is 4.98 Å². The Balaban J connectivity index is 1.46. The second-order valence-corrected chi connectivity index (χ2v) is 11.5. The lowest BCUT2D eigenvalue weighted by Gasteiger charge is -2.36. The molecule has 5 nitrogen and oxygen atoms in total. The van der Waals surface area contributed by atoms with E-state index >= 15 is 0 Å². The maximum Gasteiger partial charge on any atom is 0.255 e. The zero-order valence-electron chi connectivity index (χ0n) is 23.2. The number of aryl methyl sites for hydroxylation is 3. The molecule has 1 aliphatic carbocycles. The Morgan fingerprint density at radius 1 is 1.05 bits per heavy atom. The number of carbonyl (C=O) groups is 1. The SMILES string of the molecule is COc1cccc(-c2ccc(C)cc2C(=O)N2CCCC2(C)c2nc3cc(C)c(C)cc3n2CC2CC2)c1. The number of carbonyl (C=O) groups excluding carboxylic acids is 1. The first-order chi connectivity index (χ1) is 18.3. The van der Waals surface area contributed by atoms with Gasteiger partial charge in [0, 0.05) is 18.7 Å². The first-order valence-electron chi connectivity index (χ1n) is 13.8. The average Bonchev–Trinajstić information content (AvgIpc) is 3.55. The molecule has 6 rings (SSSR count). The van der Waals surface area contributed by atoms with Gasteiger partial charge in [-0.3, -0.25) is 4.79 Å². The molecule has 1 saturated heterocycles. The van der Waals surface area contributed by atoms with Crippen molar-refractivity contribution in [1.29, 1.82) is 0 Å². The van der Waals surface area contributed by atoms with Crippen LogP contribution in [-0.2, 0) is 12.1 Å². The second-order valence-electron chi connectivity index (χ2n) is 11.5. The van der Waals surface area contributed by atoms with Crippen LogP contribution in [-0.4, -0.2) is 34.0 Å². The number of hydrogen-bond donors (Lipinski definition) is 0. The highest BCUT2D eigenvalue weighted by Gasteiger charge is 2.45. The van der Waals surface area contributed by atoms with Gasteiger partial charge in [0.1, 0.15) is 11.6 Å². The van der Waals surface area contributed by atoms with E-state index in [0.717, 1.165) is 65.3 Å². The van der Waals surface area contributed by atoms with Gasteiger partial charge in [-0.15, -0.1) is 0 Å². The van der Waals surface area contributed by atoms with Crippen molar-refractivity contribution in [3.05, 3.63) is 82.7 Å². The molecule has 2 aliphatic rings. The van der Waals surface area contributed by atoms with E-state index in [9.17, 15) is 4.79 Å². The number of nitrogens with zero attached hydrogens (tertiary/aromatic N) is 3. The standard InChI is InChI=1S/C33H37N3O2/c1-21-10-13-27(25-8-6-9-26(19-25)38-5)28(16-21)31(37)36-15-7-14-33(36,4)32-34-29-17-22(2)23(3)18-30(29)35(32)20-24-11-12-24/h6,8-10,13,16-19,24H,7,11-12,14-15,20H2,1-5H3. The number of benzene rings is 3. The van der Waals surface area contributed by atoms with Crippen molar-refractivity contribution in [2.75, 3.05) is 13.7 Å². The van der Waals surface area contributed by atoms with Crippen molar-refractivity contribution in [3.63, 3.8) is 0 Å². The van der Waals surface area contributed by atoms with E-state index < -0.39 is 5.54 Å². The number of methoxy groups -OCH3 is 1. The number of imidazole rings is 1. The summed E-state index contributed by atoms with van der Waals surface area (Å²) in [5, 5.41) is 0. The number of hydrogen-bond acceptors (Lipinski definition) is 3. The minimum Gasteiger partial charge on any atom is -0.497 e. The van der Waals surface area contributed by atoms with Crippen LogP contribution >= 0.6 is 0 Å². The van der Waals surface area contributed by atoms with E-state index in [1.54, 1.807) is 7.11 Å². The Labute approximate surface area is 225 Å². The van der Waals surface area contributed by atoms with Gasteiger partial charge in [0.2, 0.25) is 0 Å². The van der Waals surface area contributed by atoms with Crippen LogP contribution in [0.25, 0.3) is 22.2 Å². The molecule has 1 saturated carbocycles.